The minimum Gasteiger partial charge on any atom is -0.590 e. The molecule has 72 valence electrons. The lowest BCUT2D eigenvalue weighted by Gasteiger charge is -1.98. The first-order valence-electron chi connectivity index (χ1n) is 4.60. The third-order valence-corrected chi connectivity index (χ3v) is 3.63. The molecule has 0 bridgehead atoms. The van der Waals surface area contributed by atoms with Crippen molar-refractivity contribution in [3.63, 3.8) is 0 Å². The Morgan fingerprint density at radius 2 is 1.86 bits per heavy atom. The van der Waals surface area contributed by atoms with Crippen molar-refractivity contribution in [1.29, 1.82) is 0 Å². The summed E-state index contributed by atoms with van der Waals surface area (Å²) in [6.07, 6.45) is 0.884. The van der Waals surface area contributed by atoms with E-state index in [4.69, 9.17) is 0 Å². The van der Waals surface area contributed by atoms with E-state index in [1.54, 1.807) is 5.38 Å². The number of rotatable bonds is 2. The minimum atomic E-state index is -0.872. The predicted molar refractivity (Wildman–Crippen MR) is 59.1 cm³/mol. The summed E-state index contributed by atoms with van der Waals surface area (Å²) >= 11 is 0. The van der Waals surface area contributed by atoms with Gasteiger partial charge < -0.3 is 4.55 Å². The maximum Gasteiger partial charge on any atom is 0.149 e. The summed E-state index contributed by atoms with van der Waals surface area (Å²) in [6, 6.07) is 12.2. The third kappa shape index (κ3) is 1.86. The molecule has 0 amide bonds. The first-order chi connectivity index (χ1) is 6.77. The van der Waals surface area contributed by atoms with Crippen molar-refractivity contribution in [2.75, 3.05) is 0 Å². The van der Waals surface area contributed by atoms with E-state index in [0.717, 1.165) is 11.3 Å². The van der Waals surface area contributed by atoms with Gasteiger partial charge in [0.2, 0.25) is 0 Å². The van der Waals surface area contributed by atoms with Gasteiger partial charge in [-0.3, -0.25) is 0 Å². The van der Waals surface area contributed by atoms with E-state index in [1.165, 1.54) is 11.1 Å². The maximum absolute atomic E-state index is 11.3. The zero-order valence-corrected chi connectivity index (χ0v) is 8.88. The van der Waals surface area contributed by atoms with E-state index in [2.05, 4.69) is 12.1 Å². The molecule has 1 unspecified atom stereocenters. The molecule has 1 aromatic carbocycles. The van der Waals surface area contributed by atoms with Crippen molar-refractivity contribution >= 4 is 10.8 Å². The standard InChI is InChI=1S/C12H12OS/c1-10-12(7-8-14(10)13)9-11-5-3-2-4-6-11/h2-8H,9H2,1H3. The molecule has 0 saturated heterocycles. The van der Waals surface area contributed by atoms with Gasteiger partial charge in [-0.05, 0) is 11.6 Å². The molecule has 0 aliphatic heterocycles. The molecule has 2 aromatic rings. The highest BCUT2D eigenvalue weighted by Gasteiger charge is 2.08. The maximum atomic E-state index is 11.3. The monoisotopic (exact) mass is 204 g/mol. The summed E-state index contributed by atoms with van der Waals surface area (Å²) in [5, 5.41) is 1.76. The number of hydrogen-bond acceptors (Lipinski definition) is 1. The fourth-order valence-electron chi connectivity index (χ4n) is 1.49. The first kappa shape index (κ1) is 9.44. The van der Waals surface area contributed by atoms with Gasteiger partial charge in [-0.25, -0.2) is 0 Å². The van der Waals surface area contributed by atoms with Gasteiger partial charge in [-0.1, -0.05) is 41.1 Å². The van der Waals surface area contributed by atoms with Gasteiger partial charge in [0.05, 0.1) is 0 Å². The lowest BCUT2D eigenvalue weighted by molar-refractivity contribution is 0.597. The Labute approximate surface area is 86.8 Å². The van der Waals surface area contributed by atoms with Gasteiger partial charge >= 0.3 is 0 Å². The van der Waals surface area contributed by atoms with Crippen LogP contribution in [-0.2, 0) is 6.42 Å². The Balaban J connectivity index is 2.23. The van der Waals surface area contributed by atoms with E-state index in [-0.39, 0.29) is 0 Å². The molecule has 0 aliphatic rings. The second-order valence-corrected chi connectivity index (χ2v) is 4.82. The zero-order chi connectivity index (χ0) is 9.97. The lowest BCUT2D eigenvalue weighted by atomic mass is 10.1. The van der Waals surface area contributed by atoms with Crippen LogP contribution in [0.4, 0.5) is 0 Å². The van der Waals surface area contributed by atoms with Gasteiger partial charge in [-0.2, -0.15) is 0 Å². The summed E-state index contributed by atoms with van der Waals surface area (Å²) in [7, 11) is -0.872. The quantitative estimate of drug-likeness (QED) is 0.688. The molecular formula is C12H12OS. The van der Waals surface area contributed by atoms with Crippen molar-refractivity contribution < 1.29 is 4.55 Å². The smallest absolute Gasteiger partial charge is 0.149 e. The molecule has 0 spiro atoms. The average molecular weight is 204 g/mol. The second kappa shape index (κ2) is 3.95. The highest BCUT2D eigenvalue weighted by molar-refractivity contribution is 7.23. The minimum absolute atomic E-state index is 0.872. The van der Waals surface area contributed by atoms with E-state index in [9.17, 15) is 4.55 Å². The van der Waals surface area contributed by atoms with Crippen LogP contribution in [0.2, 0.25) is 0 Å². The summed E-state index contributed by atoms with van der Waals surface area (Å²) in [4.78, 5) is 0.994. The van der Waals surface area contributed by atoms with E-state index in [0.29, 0.717) is 0 Å². The molecule has 2 rings (SSSR count). The number of benzene rings is 1. The molecule has 1 atom stereocenters. The van der Waals surface area contributed by atoms with Crippen LogP contribution in [0.15, 0.2) is 41.8 Å². The molecule has 0 fully saturated rings. The fraction of sp³-hybridized carbons (Fsp3) is 0.167. The third-order valence-electron chi connectivity index (χ3n) is 2.38. The Kier molecular flexibility index (Phi) is 2.66. The molecule has 0 saturated carbocycles. The van der Waals surface area contributed by atoms with Crippen molar-refractivity contribution in [2.24, 2.45) is 0 Å². The first-order valence-corrected chi connectivity index (χ1v) is 5.81. The molecule has 1 heterocycles. The summed E-state index contributed by atoms with van der Waals surface area (Å²) < 4.78 is 11.3. The van der Waals surface area contributed by atoms with Gasteiger partial charge in [-0.15, -0.1) is 0 Å². The van der Waals surface area contributed by atoms with Crippen LogP contribution in [0.1, 0.15) is 16.0 Å². The van der Waals surface area contributed by atoms with Crippen LogP contribution in [0.5, 0.6) is 0 Å². The normalized spacial score (nSPS) is 11.7. The van der Waals surface area contributed by atoms with Crippen molar-refractivity contribution in [3.8, 4) is 0 Å². The molecule has 1 aromatic heterocycles. The zero-order valence-electron chi connectivity index (χ0n) is 8.07. The highest BCUT2D eigenvalue weighted by Crippen LogP contribution is 2.25. The largest absolute Gasteiger partial charge is 0.590 e. The fourth-order valence-corrected chi connectivity index (χ4v) is 2.38. The van der Waals surface area contributed by atoms with E-state index < -0.39 is 10.8 Å². The van der Waals surface area contributed by atoms with Crippen molar-refractivity contribution in [1.82, 2.24) is 0 Å². The van der Waals surface area contributed by atoms with E-state index in [1.807, 2.05) is 31.2 Å². The van der Waals surface area contributed by atoms with Crippen molar-refractivity contribution in [3.05, 3.63) is 57.8 Å². The van der Waals surface area contributed by atoms with Crippen LogP contribution < -0.4 is 0 Å². The highest BCUT2D eigenvalue weighted by atomic mass is 32.2. The average Bonchev–Trinajstić information content (AvgIpc) is 2.52. The van der Waals surface area contributed by atoms with Gasteiger partial charge in [0.25, 0.3) is 0 Å². The molecule has 14 heavy (non-hydrogen) atoms. The molecule has 0 aliphatic carbocycles. The molecular weight excluding hydrogens is 192 g/mol. The molecule has 0 radical (unpaired) electrons. The molecule has 1 nitrogen and oxygen atoms in total. The number of thiophene rings is 1. The Morgan fingerprint density at radius 3 is 2.43 bits per heavy atom. The van der Waals surface area contributed by atoms with Crippen LogP contribution in [-0.4, -0.2) is 4.55 Å². The Hall–Kier alpha value is -1.12. The van der Waals surface area contributed by atoms with Gasteiger partial charge in [0.1, 0.15) is 10.3 Å². The van der Waals surface area contributed by atoms with Crippen molar-refractivity contribution in [2.45, 2.75) is 13.3 Å². The molecule has 0 N–H and O–H groups in total. The Bertz CT molecular complexity index is 417. The van der Waals surface area contributed by atoms with E-state index >= 15 is 0 Å². The van der Waals surface area contributed by atoms with Crippen LogP contribution in [0.25, 0.3) is 0 Å². The summed E-state index contributed by atoms with van der Waals surface area (Å²) in [5.74, 6) is 0. The van der Waals surface area contributed by atoms with Gasteiger partial charge in [0, 0.05) is 18.9 Å². The Morgan fingerprint density at radius 1 is 1.14 bits per heavy atom. The van der Waals surface area contributed by atoms with Crippen LogP contribution in [0.3, 0.4) is 0 Å². The topological polar surface area (TPSA) is 23.1 Å². The second-order valence-electron chi connectivity index (χ2n) is 3.34. The molecule has 2 heteroatoms. The van der Waals surface area contributed by atoms with Crippen LogP contribution in [0, 0.1) is 6.92 Å². The summed E-state index contributed by atoms with van der Waals surface area (Å²) in [5.41, 5.74) is 2.46. The summed E-state index contributed by atoms with van der Waals surface area (Å²) in [6.45, 7) is 1.94. The van der Waals surface area contributed by atoms with Crippen LogP contribution >= 0.6 is 10.8 Å². The van der Waals surface area contributed by atoms with Gasteiger partial charge in [0.15, 0.2) is 0 Å². The predicted octanol–water partition coefficient (Wildman–Crippen LogP) is 3.31. The SMILES string of the molecule is Cc1c(Cc2ccccc2)cc[s+]1[O-]. The lowest BCUT2D eigenvalue weighted by Crippen LogP contribution is -1.86. The number of hydrogen-bond donors (Lipinski definition) is 0.